The van der Waals surface area contributed by atoms with E-state index in [9.17, 15) is 4.79 Å². The van der Waals surface area contributed by atoms with Crippen LogP contribution in [0.5, 0.6) is 0 Å². The number of hydrogen-bond acceptors (Lipinski definition) is 2. The molecular formula is C14H16ClN3O. The molecule has 0 saturated heterocycles. The second kappa shape index (κ2) is 5.47. The Morgan fingerprint density at radius 1 is 1.53 bits per heavy atom. The Morgan fingerprint density at radius 2 is 2.26 bits per heavy atom. The van der Waals surface area contributed by atoms with Crippen LogP contribution in [0.2, 0.25) is 5.02 Å². The number of amides is 2. The lowest BCUT2D eigenvalue weighted by molar-refractivity contribution is 0.225. The van der Waals surface area contributed by atoms with Gasteiger partial charge in [0.15, 0.2) is 0 Å². The Morgan fingerprint density at radius 3 is 2.95 bits per heavy atom. The molecule has 0 bridgehead atoms. The first-order chi connectivity index (χ1) is 9.04. The minimum atomic E-state index is -0.152. The number of allylic oxidation sites excluding steroid dienone is 1. The maximum absolute atomic E-state index is 12.4. The van der Waals surface area contributed by atoms with Crippen LogP contribution in [0.25, 0.3) is 0 Å². The molecule has 1 N–H and O–H groups in total. The number of halogens is 1. The van der Waals surface area contributed by atoms with Crippen LogP contribution in [-0.4, -0.2) is 30.4 Å². The maximum Gasteiger partial charge on any atom is 0.328 e. The molecule has 19 heavy (non-hydrogen) atoms. The van der Waals surface area contributed by atoms with Gasteiger partial charge < -0.3 is 0 Å². The van der Waals surface area contributed by atoms with Crippen molar-refractivity contribution in [3.05, 3.63) is 34.5 Å². The molecule has 0 radical (unpaired) electrons. The predicted octanol–water partition coefficient (Wildman–Crippen LogP) is 3.30. The molecule has 100 valence electrons. The van der Waals surface area contributed by atoms with Crippen molar-refractivity contribution in [2.45, 2.75) is 19.8 Å². The maximum atomic E-state index is 12.4. The molecule has 0 spiro atoms. The van der Waals surface area contributed by atoms with Crippen molar-refractivity contribution < 1.29 is 4.79 Å². The lowest BCUT2D eigenvalue weighted by Gasteiger charge is -2.32. The number of anilines is 1. The van der Waals surface area contributed by atoms with E-state index >= 15 is 0 Å². The number of fused-ring (bicyclic) bond motifs is 1. The highest BCUT2D eigenvalue weighted by molar-refractivity contribution is 6.31. The van der Waals surface area contributed by atoms with Gasteiger partial charge in [-0.2, -0.15) is 0 Å². The minimum absolute atomic E-state index is 0.152. The van der Waals surface area contributed by atoms with Crippen molar-refractivity contribution >= 4 is 29.2 Å². The fourth-order valence-corrected chi connectivity index (χ4v) is 2.32. The number of hydrogen-bond donors (Lipinski definition) is 1. The second-order valence-corrected chi connectivity index (χ2v) is 5.02. The van der Waals surface area contributed by atoms with E-state index in [4.69, 9.17) is 17.0 Å². The second-order valence-electron chi connectivity index (χ2n) is 4.58. The van der Waals surface area contributed by atoms with E-state index in [1.54, 1.807) is 18.9 Å². The highest BCUT2D eigenvalue weighted by Crippen LogP contribution is 2.30. The fourth-order valence-electron chi connectivity index (χ4n) is 2.15. The Kier molecular flexibility index (Phi) is 3.93. The number of carbonyl (C=O) groups excluding carboxylic acids is 1. The first kappa shape index (κ1) is 13.7. The molecule has 0 saturated carbocycles. The van der Waals surface area contributed by atoms with Crippen LogP contribution in [0.1, 0.15) is 18.9 Å². The lowest BCUT2D eigenvalue weighted by Crippen LogP contribution is -2.43. The highest BCUT2D eigenvalue weighted by Gasteiger charge is 2.25. The normalized spacial score (nSPS) is 13.5. The number of benzene rings is 1. The molecule has 1 aromatic rings. The summed E-state index contributed by atoms with van der Waals surface area (Å²) < 4.78 is 0. The third kappa shape index (κ3) is 2.65. The number of nitrogens with one attached hydrogen (secondary N) is 1. The number of urea groups is 1. The SMILES string of the molecule is CC(=C=N)N(C)C(=O)N1CCCc2ccc(Cl)cc21. The van der Waals surface area contributed by atoms with Crippen molar-refractivity contribution in [3.8, 4) is 0 Å². The molecule has 1 aliphatic rings. The van der Waals surface area contributed by atoms with E-state index in [-0.39, 0.29) is 6.03 Å². The Hall–Kier alpha value is -1.77. The summed E-state index contributed by atoms with van der Waals surface area (Å²) in [6.07, 6.45) is 1.89. The van der Waals surface area contributed by atoms with Gasteiger partial charge in [-0.05, 0) is 43.3 Å². The van der Waals surface area contributed by atoms with Gasteiger partial charge in [0.2, 0.25) is 0 Å². The van der Waals surface area contributed by atoms with Crippen LogP contribution in [0, 0.1) is 5.41 Å². The van der Waals surface area contributed by atoms with Crippen LogP contribution < -0.4 is 4.90 Å². The zero-order valence-electron chi connectivity index (χ0n) is 11.0. The number of nitrogens with zero attached hydrogens (tertiary/aromatic N) is 2. The molecule has 0 fully saturated rings. The minimum Gasteiger partial charge on any atom is -0.294 e. The zero-order chi connectivity index (χ0) is 14.0. The first-order valence-electron chi connectivity index (χ1n) is 6.14. The van der Waals surface area contributed by atoms with E-state index in [0.717, 1.165) is 24.1 Å². The average molecular weight is 278 g/mol. The van der Waals surface area contributed by atoms with Gasteiger partial charge in [-0.15, -0.1) is 0 Å². The molecule has 0 aromatic heterocycles. The van der Waals surface area contributed by atoms with Crippen molar-refractivity contribution in [1.82, 2.24) is 4.90 Å². The number of carbonyl (C=O) groups is 1. The van der Waals surface area contributed by atoms with Crippen LogP contribution in [0.3, 0.4) is 0 Å². The summed E-state index contributed by atoms with van der Waals surface area (Å²) in [7, 11) is 1.65. The molecule has 2 amide bonds. The third-order valence-corrected chi connectivity index (χ3v) is 3.60. The van der Waals surface area contributed by atoms with Gasteiger partial charge in [-0.1, -0.05) is 17.7 Å². The first-order valence-corrected chi connectivity index (χ1v) is 6.52. The van der Waals surface area contributed by atoms with Gasteiger partial charge in [0.1, 0.15) is 0 Å². The summed E-state index contributed by atoms with van der Waals surface area (Å²) in [4.78, 5) is 15.6. The van der Waals surface area contributed by atoms with E-state index in [1.807, 2.05) is 18.2 Å². The molecular weight excluding hydrogens is 262 g/mol. The van der Waals surface area contributed by atoms with Gasteiger partial charge in [0.25, 0.3) is 0 Å². The van der Waals surface area contributed by atoms with Crippen LogP contribution >= 0.6 is 11.6 Å². The summed E-state index contributed by atoms with van der Waals surface area (Å²) >= 11 is 6.02. The molecule has 1 aliphatic heterocycles. The Balaban J connectivity index is 2.36. The van der Waals surface area contributed by atoms with Gasteiger partial charge in [-0.25, -0.2) is 4.79 Å². The quantitative estimate of drug-likeness (QED) is 0.787. The molecule has 0 unspecified atom stereocenters. The summed E-state index contributed by atoms with van der Waals surface area (Å²) in [6.45, 7) is 2.36. The molecule has 2 rings (SSSR count). The molecule has 0 aliphatic carbocycles. The van der Waals surface area contributed by atoms with Gasteiger partial charge in [-0.3, -0.25) is 15.2 Å². The lowest BCUT2D eigenvalue weighted by atomic mass is 10.0. The average Bonchev–Trinajstić information content (AvgIpc) is 2.44. The molecule has 4 nitrogen and oxygen atoms in total. The summed E-state index contributed by atoms with van der Waals surface area (Å²) in [6, 6.07) is 5.49. The third-order valence-electron chi connectivity index (χ3n) is 3.37. The van der Waals surface area contributed by atoms with Crippen molar-refractivity contribution in [2.24, 2.45) is 0 Å². The highest BCUT2D eigenvalue weighted by atomic mass is 35.5. The molecule has 0 atom stereocenters. The van der Waals surface area contributed by atoms with Crippen LogP contribution in [-0.2, 0) is 6.42 Å². The smallest absolute Gasteiger partial charge is 0.294 e. The summed E-state index contributed by atoms with van der Waals surface area (Å²) in [5, 5.41) is 7.73. The fraction of sp³-hybridized carbons (Fsp3) is 0.357. The van der Waals surface area contributed by atoms with Crippen molar-refractivity contribution in [2.75, 3.05) is 18.5 Å². The predicted molar refractivity (Wildman–Crippen MR) is 77.2 cm³/mol. The number of aryl methyl sites for hydroxylation is 1. The monoisotopic (exact) mass is 277 g/mol. The van der Waals surface area contributed by atoms with E-state index in [2.05, 4.69) is 5.87 Å². The Bertz CT molecular complexity index is 564. The summed E-state index contributed by atoms with van der Waals surface area (Å²) in [5.41, 5.74) is 2.49. The van der Waals surface area contributed by atoms with Crippen molar-refractivity contribution in [1.29, 1.82) is 5.41 Å². The summed E-state index contributed by atoms with van der Waals surface area (Å²) in [5.74, 6) is 2.24. The van der Waals surface area contributed by atoms with Gasteiger partial charge in [0, 0.05) is 18.6 Å². The molecule has 1 heterocycles. The van der Waals surface area contributed by atoms with E-state index in [1.165, 1.54) is 4.90 Å². The number of rotatable bonds is 1. The zero-order valence-corrected chi connectivity index (χ0v) is 11.8. The van der Waals surface area contributed by atoms with E-state index in [0.29, 0.717) is 17.3 Å². The largest absolute Gasteiger partial charge is 0.328 e. The van der Waals surface area contributed by atoms with Gasteiger partial charge >= 0.3 is 6.03 Å². The molecule has 1 aromatic carbocycles. The standard InChI is InChI=1S/C14H16ClN3O/c1-10(9-16)17(2)14(19)18-7-3-4-11-5-6-12(15)8-13(11)18/h5-6,8,16H,3-4,7H2,1-2H3. The van der Waals surface area contributed by atoms with Crippen LogP contribution in [0.15, 0.2) is 23.9 Å². The van der Waals surface area contributed by atoms with E-state index < -0.39 is 0 Å². The van der Waals surface area contributed by atoms with Crippen molar-refractivity contribution in [3.63, 3.8) is 0 Å². The molecule has 5 heteroatoms. The van der Waals surface area contributed by atoms with Gasteiger partial charge in [0.05, 0.1) is 11.4 Å². The Labute approximate surface area is 117 Å². The van der Waals surface area contributed by atoms with Crippen LogP contribution in [0.4, 0.5) is 10.5 Å². The topological polar surface area (TPSA) is 47.4 Å².